The molecule has 0 spiro atoms. The van der Waals surface area contributed by atoms with Crippen molar-refractivity contribution < 1.29 is 19.4 Å². The minimum Gasteiger partial charge on any atom is -0.478 e. The molecule has 18 heavy (non-hydrogen) atoms. The van der Waals surface area contributed by atoms with Crippen LogP contribution in [0.2, 0.25) is 0 Å². The molecule has 5 nitrogen and oxygen atoms in total. The number of carboxylic acids is 1. The lowest BCUT2D eigenvalue weighted by Gasteiger charge is -2.12. The molecule has 1 aliphatic rings. The van der Waals surface area contributed by atoms with Gasteiger partial charge in [0.1, 0.15) is 6.10 Å². The van der Waals surface area contributed by atoms with Crippen LogP contribution in [0, 0.1) is 0 Å². The van der Waals surface area contributed by atoms with Crippen LogP contribution in [0.5, 0.6) is 5.88 Å². The van der Waals surface area contributed by atoms with Crippen LogP contribution < -0.4 is 4.74 Å². The van der Waals surface area contributed by atoms with Crippen LogP contribution in [0.4, 0.5) is 0 Å². The molecule has 0 aliphatic carbocycles. The van der Waals surface area contributed by atoms with Crippen LogP contribution in [-0.4, -0.2) is 35.4 Å². The Morgan fingerprint density at radius 2 is 2.44 bits per heavy atom. The molecule has 0 saturated carbocycles. The maximum atomic E-state index is 11.0. The number of nitrogens with zero attached hydrogens (tertiary/aromatic N) is 1. The molecule has 1 aromatic rings. The number of hydrogen-bond donors (Lipinski definition) is 1. The highest BCUT2D eigenvalue weighted by Gasteiger charge is 2.19. The molecule has 1 aliphatic heterocycles. The van der Waals surface area contributed by atoms with Crippen molar-refractivity contribution in [3.8, 4) is 5.88 Å². The van der Waals surface area contributed by atoms with E-state index < -0.39 is 5.97 Å². The van der Waals surface area contributed by atoms with E-state index in [-0.39, 0.29) is 11.7 Å². The van der Waals surface area contributed by atoms with Gasteiger partial charge in [-0.1, -0.05) is 13.3 Å². The minimum atomic E-state index is -0.956. The topological polar surface area (TPSA) is 68.7 Å². The fourth-order valence-corrected chi connectivity index (χ4v) is 1.90. The highest BCUT2D eigenvalue weighted by Crippen LogP contribution is 2.18. The van der Waals surface area contributed by atoms with Gasteiger partial charge in [0.25, 0.3) is 0 Å². The minimum absolute atomic E-state index is 0.0176. The lowest BCUT2D eigenvalue weighted by Crippen LogP contribution is -2.17. The van der Waals surface area contributed by atoms with Gasteiger partial charge in [-0.2, -0.15) is 0 Å². The fraction of sp³-hybridized carbons (Fsp3) is 0.538. The van der Waals surface area contributed by atoms with Crippen molar-refractivity contribution in [1.29, 1.82) is 0 Å². The van der Waals surface area contributed by atoms with Crippen LogP contribution >= 0.6 is 0 Å². The molecule has 2 rings (SSSR count). The predicted molar refractivity (Wildman–Crippen MR) is 65.0 cm³/mol. The van der Waals surface area contributed by atoms with E-state index in [0.717, 1.165) is 25.0 Å². The largest absolute Gasteiger partial charge is 0.478 e. The fourth-order valence-electron chi connectivity index (χ4n) is 1.90. The maximum Gasteiger partial charge on any atom is 0.335 e. The van der Waals surface area contributed by atoms with E-state index in [1.165, 1.54) is 6.07 Å². The molecule has 1 N–H and O–H groups in total. The van der Waals surface area contributed by atoms with E-state index in [1.54, 1.807) is 6.07 Å². The first-order valence-corrected chi connectivity index (χ1v) is 6.17. The second kappa shape index (κ2) is 5.82. The number of carbonyl (C=O) groups is 1. The lowest BCUT2D eigenvalue weighted by atomic mass is 10.1. The Balaban J connectivity index is 2.18. The Kier molecular flexibility index (Phi) is 4.15. The van der Waals surface area contributed by atoms with E-state index in [0.29, 0.717) is 19.1 Å². The molecule has 0 amide bonds. The second-order valence-electron chi connectivity index (χ2n) is 4.34. The van der Waals surface area contributed by atoms with E-state index in [4.69, 9.17) is 14.6 Å². The summed E-state index contributed by atoms with van der Waals surface area (Å²) in [6.07, 6.45) is 2.47. The van der Waals surface area contributed by atoms with Crippen molar-refractivity contribution in [3.63, 3.8) is 0 Å². The molecular formula is C13H17NO4. The normalized spacial score (nSPS) is 18.8. The van der Waals surface area contributed by atoms with Crippen LogP contribution in [-0.2, 0) is 11.2 Å². The molecule has 5 heteroatoms. The predicted octanol–water partition coefficient (Wildman–Crippen LogP) is 1.90. The molecule has 0 aromatic carbocycles. The highest BCUT2D eigenvalue weighted by molar-refractivity contribution is 5.88. The monoisotopic (exact) mass is 251 g/mol. The lowest BCUT2D eigenvalue weighted by molar-refractivity contribution is 0.0695. The third-order valence-corrected chi connectivity index (χ3v) is 2.78. The van der Waals surface area contributed by atoms with Crippen LogP contribution in [0.3, 0.4) is 0 Å². The van der Waals surface area contributed by atoms with E-state index in [1.807, 2.05) is 6.92 Å². The smallest absolute Gasteiger partial charge is 0.335 e. The quantitative estimate of drug-likeness (QED) is 0.865. The van der Waals surface area contributed by atoms with Crippen LogP contribution in [0.1, 0.15) is 35.8 Å². The van der Waals surface area contributed by atoms with Crippen molar-refractivity contribution in [2.24, 2.45) is 0 Å². The zero-order valence-corrected chi connectivity index (χ0v) is 10.4. The molecule has 1 aromatic heterocycles. The molecule has 1 saturated heterocycles. The third kappa shape index (κ3) is 3.20. The number of ether oxygens (including phenoxy) is 2. The van der Waals surface area contributed by atoms with Crippen LogP contribution in [0.15, 0.2) is 12.1 Å². The van der Waals surface area contributed by atoms with Crippen molar-refractivity contribution >= 4 is 5.97 Å². The first-order chi connectivity index (χ1) is 8.69. The summed E-state index contributed by atoms with van der Waals surface area (Å²) >= 11 is 0. The zero-order valence-electron chi connectivity index (χ0n) is 10.4. The SMILES string of the molecule is CCCc1cc(C(=O)O)cc(OC2CCOC2)n1. The number of aromatic carboxylic acids is 1. The van der Waals surface area contributed by atoms with E-state index in [9.17, 15) is 4.79 Å². The van der Waals surface area contributed by atoms with Gasteiger partial charge in [0.05, 0.1) is 18.8 Å². The summed E-state index contributed by atoms with van der Waals surface area (Å²) in [5, 5.41) is 9.05. The number of aryl methyl sites for hydroxylation is 1. The molecule has 1 atom stereocenters. The Bertz CT molecular complexity index is 427. The number of aromatic nitrogens is 1. The van der Waals surface area contributed by atoms with Gasteiger partial charge in [-0.15, -0.1) is 0 Å². The summed E-state index contributed by atoms with van der Waals surface area (Å²) in [5.74, 6) is -0.573. The number of pyridine rings is 1. The summed E-state index contributed by atoms with van der Waals surface area (Å²) in [4.78, 5) is 15.4. The standard InChI is InChI=1S/C13H17NO4/c1-2-3-10-6-9(13(15)16)7-12(14-10)18-11-4-5-17-8-11/h6-7,11H,2-5,8H2,1H3,(H,15,16). The molecule has 0 radical (unpaired) electrons. The molecule has 1 unspecified atom stereocenters. The van der Waals surface area contributed by atoms with Gasteiger partial charge in [-0.3, -0.25) is 0 Å². The van der Waals surface area contributed by atoms with Crippen molar-refractivity contribution in [2.75, 3.05) is 13.2 Å². The third-order valence-electron chi connectivity index (χ3n) is 2.78. The van der Waals surface area contributed by atoms with Gasteiger partial charge in [-0.05, 0) is 12.5 Å². The zero-order chi connectivity index (χ0) is 13.0. The molecule has 2 heterocycles. The van der Waals surface area contributed by atoms with Gasteiger partial charge in [0.15, 0.2) is 0 Å². The highest BCUT2D eigenvalue weighted by atomic mass is 16.5. The van der Waals surface area contributed by atoms with Gasteiger partial charge in [0.2, 0.25) is 5.88 Å². The van der Waals surface area contributed by atoms with Crippen molar-refractivity contribution in [1.82, 2.24) is 4.98 Å². The van der Waals surface area contributed by atoms with Crippen molar-refractivity contribution in [3.05, 3.63) is 23.4 Å². The second-order valence-corrected chi connectivity index (χ2v) is 4.34. The summed E-state index contributed by atoms with van der Waals surface area (Å²) in [7, 11) is 0. The summed E-state index contributed by atoms with van der Waals surface area (Å²) in [6.45, 7) is 3.26. The summed E-state index contributed by atoms with van der Waals surface area (Å²) in [5.41, 5.74) is 0.980. The Labute approximate surface area is 106 Å². The molecule has 98 valence electrons. The Morgan fingerprint density at radius 3 is 3.06 bits per heavy atom. The Morgan fingerprint density at radius 1 is 1.61 bits per heavy atom. The number of carboxylic acid groups (broad SMARTS) is 1. The van der Waals surface area contributed by atoms with Gasteiger partial charge >= 0.3 is 5.97 Å². The number of rotatable bonds is 5. The van der Waals surface area contributed by atoms with E-state index >= 15 is 0 Å². The molecule has 1 fully saturated rings. The van der Waals surface area contributed by atoms with Gasteiger partial charge in [0, 0.05) is 18.2 Å². The van der Waals surface area contributed by atoms with Gasteiger partial charge in [-0.25, -0.2) is 9.78 Å². The van der Waals surface area contributed by atoms with E-state index in [2.05, 4.69) is 4.98 Å². The summed E-state index contributed by atoms with van der Waals surface area (Å²) < 4.78 is 10.9. The average molecular weight is 251 g/mol. The maximum absolute atomic E-state index is 11.0. The van der Waals surface area contributed by atoms with Crippen molar-refractivity contribution in [2.45, 2.75) is 32.3 Å². The molecule has 0 bridgehead atoms. The Hall–Kier alpha value is -1.62. The first-order valence-electron chi connectivity index (χ1n) is 6.17. The van der Waals surface area contributed by atoms with Gasteiger partial charge < -0.3 is 14.6 Å². The average Bonchev–Trinajstić information content (AvgIpc) is 2.82. The molecular weight excluding hydrogens is 234 g/mol. The van der Waals surface area contributed by atoms with Crippen LogP contribution in [0.25, 0.3) is 0 Å². The summed E-state index contributed by atoms with van der Waals surface area (Å²) in [6, 6.07) is 3.07. The number of hydrogen-bond acceptors (Lipinski definition) is 4. The first kappa shape index (κ1) is 12.8.